The Balaban J connectivity index is 2.42. The van der Waals surface area contributed by atoms with Gasteiger partial charge in [-0.25, -0.2) is 0 Å². The lowest BCUT2D eigenvalue weighted by Crippen LogP contribution is -2.23. The quantitative estimate of drug-likeness (QED) is 0.538. The number of halogens is 3. The van der Waals surface area contributed by atoms with Crippen molar-refractivity contribution in [3.8, 4) is 0 Å². The van der Waals surface area contributed by atoms with Gasteiger partial charge in [-0.05, 0) is 0 Å². The maximum atomic E-state index is 11.6. The summed E-state index contributed by atoms with van der Waals surface area (Å²) in [6.07, 6.45) is -4.16. The summed E-state index contributed by atoms with van der Waals surface area (Å²) in [4.78, 5) is 4.26. The molecule has 1 radical (unpaired) electrons. The summed E-state index contributed by atoms with van der Waals surface area (Å²) >= 11 is 0. The van der Waals surface area contributed by atoms with Gasteiger partial charge in [0.25, 0.3) is 0 Å². The van der Waals surface area contributed by atoms with Gasteiger partial charge in [0, 0.05) is 0 Å². The van der Waals surface area contributed by atoms with E-state index in [1.165, 1.54) is 0 Å². The van der Waals surface area contributed by atoms with Crippen molar-refractivity contribution in [1.29, 1.82) is 0 Å². The van der Waals surface area contributed by atoms with Gasteiger partial charge in [0.15, 0.2) is 0 Å². The van der Waals surface area contributed by atoms with Gasteiger partial charge in [0.05, 0.1) is 19.1 Å². The molecule has 0 saturated carbocycles. The molecule has 2 nitrogen and oxygen atoms in total. The van der Waals surface area contributed by atoms with Crippen molar-refractivity contribution in [3.63, 3.8) is 0 Å². The summed E-state index contributed by atoms with van der Waals surface area (Å²) in [5.74, 6) is -1.45. The Kier molecular flexibility index (Phi) is 1.63. The Morgan fingerprint density at radius 3 is 2.44 bits per heavy atom. The van der Waals surface area contributed by atoms with Crippen LogP contribution in [0.1, 0.15) is 0 Å². The Labute approximate surface area is 49.9 Å². The van der Waals surface area contributed by atoms with E-state index in [4.69, 9.17) is 0 Å². The van der Waals surface area contributed by atoms with Crippen LogP contribution < -0.4 is 5.48 Å². The third kappa shape index (κ3) is 1.56. The van der Waals surface area contributed by atoms with Crippen LogP contribution in [0.4, 0.5) is 13.2 Å². The van der Waals surface area contributed by atoms with Crippen LogP contribution in [-0.4, -0.2) is 12.8 Å². The molecule has 0 spiro atoms. The molecule has 0 bridgehead atoms. The molecule has 1 atom stereocenters. The molecule has 0 amide bonds. The molecular weight excluding hydrogens is 135 g/mol. The smallest absolute Gasteiger partial charge is 0.301 e. The second-order valence-electron chi connectivity index (χ2n) is 1.74. The fraction of sp³-hybridized carbons (Fsp3) is 0.750. The normalized spacial score (nSPS) is 29.0. The van der Waals surface area contributed by atoms with Crippen LogP contribution in [0.2, 0.25) is 0 Å². The summed E-state index contributed by atoms with van der Waals surface area (Å²) in [6.45, 7) is 0.573. The maximum Gasteiger partial charge on any atom is 0.395 e. The fourth-order valence-electron chi connectivity index (χ4n) is 0.505. The van der Waals surface area contributed by atoms with Crippen LogP contribution in [0.5, 0.6) is 0 Å². The van der Waals surface area contributed by atoms with Crippen LogP contribution in [0, 0.1) is 12.5 Å². The fourth-order valence-corrected chi connectivity index (χ4v) is 0.505. The van der Waals surface area contributed by atoms with E-state index in [1.54, 1.807) is 0 Å². The number of hydroxylamine groups is 1. The van der Waals surface area contributed by atoms with E-state index in [2.05, 4.69) is 4.84 Å². The summed E-state index contributed by atoms with van der Waals surface area (Å²) in [5, 5.41) is 0. The molecule has 0 aliphatic carbocycles. The van der Waals surface area contributed by atoms with E-state index in [0.717, 1.165) is 6.54 Å². The number of rotatable bonds is 0. The topological polar surface area (TPSA) is 21.3 Å². The van der Waals surface area contributed by atoms with Crippen LogP contribution in [0.15, 0.2) is 0 Å². The summed E-state index contributed by atoms with van der Waals surface area (Å²) < 4.78 is 34.8. The lowest BCUT2D eigenvalue weighted by molar-refractivity contribution is -0.166. The maximum absolute atomic E-state index is 11.6. The molecule has 1 heterocycles. The van der Waals surface area contributed by atoms with Crippen LogP contribution in [-0.2, 0) is 4.84 Å². The van der Waals surface area contributed by atoms with Crippen molar-refractivity contribution in [3.05, 3.63) is 6.54 Å². The lowest BCUT2D eigenvalue weighted by atomic mass is 10.2. The van der Waals surface area contributed by atoms with Crippen LogP contribution in [0.3, 0.4) is 0 Å². The zero-order chi connectivity index (χ0) is 6.91. The Morgan fingerprint density at radius 1 is 1.56 bits per heavy atom. The number of hydrogen-bond acceptors (Lipinski definition) is 2. The first-order valence-corrected chi connectivity index (χ1v) is 2.38. The second kappa shape index (κ2) is 2.15. The highest BCUT2D eigenvalue weighted by Gasteiger charge is 2.42. The van der Waals surface area contributed by atoms with Gasteiger partial charge < -0.3 is 4.84 Å². The summed E-state index contributed by atoms with van der Waals surface area (Å²) in [5.41, 5.74) is 2.03. The van der Waals surface area contributed by atoms with Gasteiger partial charge in [-0.1, -0.05) is 0 Å². The molecule has 1 saturated heterocycles. The minimum absolute atomic E-state index is 0.316. The zero-order valence-corrected chi connectivity index (χ0v) is 4.40. The van der Waals surface area contributed by atoms with E-state index >= 15 is 0 Å². The van der Waals surface area contributed by atoms with E-state index < -0.39 is 12.1 Å². The monoisotopic (exact) mass is 140 g/mol. The highest BCUT2D eigenvalue weighted by Crippen LogP contribution is 2.29. The largest absolute Gasteiger partial charge is 0.395 e. The van der Waals surface area contributed by atoms with Gasteiger partial charge in [-0.3, -0.25) is 0 Å². The van der Waals surface area contributed by atoms with Crippen molar-refractivity contribution >= 4 is 0 Å². The van der Waals surface area contributed by atoms with Crippen molar-refractivity contribution in [2.45, 2.75) is 6.18 Å². The zero-order valence-electron chi connectivity index (χ0n) is 4.40. The molecule has 1 fully saturated rings. The first-order chi connectivity index (χ1) is 4.11. The van der Waals surface area contributed by atoms with E-state index in [1.807, 2.05) is 5.48 Å². The molecule has 0 aromatic rings. The first kappa shape index (κ1) is 6.82. The third-order valence-electron chi connectivity index (χ3n) is 1.04. The minimum atomic E-state index is -4.16. The lowest BCUT2D eigenvalue weighted by Gasteiger charge is -2.09. The predicted octanol–water partition coefficient (Wildman–Crippen LogP) is 0.861. The van der Waals surface area contributed by atoms with Gasteiger partial charge in [-0.15, -0.1) is 0 Å². The summed E-state index contributed by atoms with van der Waals surface area (Å²) in [7, 11) is 0. The number of nitrogens with one attached hydrogen (secondary N) is 1. The van der Waals surface area contributed by atoms with Crippen molar-refractivity contribution in [2.75, 3.05) is 6.61 Å². The molecule has 1 rings (SSSR count). The number of hydrogen-bond donors (Lipinski definition) is 1. The highest BCUT2D eigenvalue weighted by molar-refractivity contribution is 4.81. The van der Waals surface area contributed by atoms with E-state index in [0.29, 0.717) is 0 Å². The number of alkyl halides is 3. The van der Waals surface area contributed by atoms with Crippen LogP contribution >= 0.6 is 0 Å². The Morgan fingerprint density at radius 2 is 2.22 bits per heavy atom. The van der Waals surface area contributed by atoms with Crippen LogP contribution in [0.25, 0.3) is 0 Å². The minimum Gasteiger partial charge on any atom is -0.301 e. The third-order valence-corrected chi connectivity index (χ3v) is 1.04. The Bertz CT molecular complexity index is 96.5. The molecule has 1 N–H and O–H groups in total. The van der Waals surface area contributed by atoms with Gasteiger partial charge in [0.2, 0.25) is 0 Å². The molecule has 1 aliphatic rings. The van der Waals surface area contributed by atoms with Crippen molar-refractivity contribution < 1.29 is 18.0 Å². The molecular formula is C4H5F3NO. The molecule has 9 heavy (non-hydrogen) atoms. The first-order valence-electron chi connectivity index (χ1n) is 2.38. The average molecular weight is 140 g/mol. The van der Waals surface area contributed by atoms with Crippen molar-refractivity contribution in [1.82, 2.24) is 5.48 Å². The van der Waals surface area contributed by atoms with Crippen molar-refractivity contribution in [2.24, 2.45) is 5.92 Å². The standard InChI is InChI=1S/C4H5F3NO/c5-4(6,7)3-1-8-9-2-3/h1,3,8H,2H2. The van der Waals surface area contributed by atoms with Gasteiger partial charge in [0.1, 0.15) is 0 Å². The average Bonchev–Trinajstić information content (AvgIpc) is 2.08. The van der Waals surface area contributed by atoms with E-state index in [9.17, 15) is 13.2 Å². The molecule has 1 unspecified atom stereocenters. The van der Waals surface area contributed by atoms with Gasteiger partial charge >= 0.3 is 6.18 Å². The van der Waals surface area contributed by atoms with Gasteiger partial charge in [-0.2, -0.15) is 18.7 Å². The molecule has 1 aliphatic heterocycles. The second-order valence-corrected chi connectivity index (χ2v) is 1.74. The molecule has 0 aromatic heterocycles. The predicted molar refractivity (Wildman–Crippen MR) is 22.9 cm³/mol. The molecule has 5 heteroatoms. The molecule has 0 aromatic carbocycles. The Hall–Kier alpha value is -0.290. The molecule has 53 valence electrons. The van der Waals surface area contributed by atoms with E-state index in [-0.39, 0.29) is 6.61 Å². The summed E-state index contributed by atoms with van der Waals surface area (Å²) in [6, 6.07) is 0. The SMILES string of the molecule is FC(F)(F)C1[CH]NOC1. The highest BCUT2D eigenvalue weighted by atomic mass is 19.4.